The Bertz CT molecular complexity index is 578. The van der Waals surface area contributed by atoms with Gasteiger partial charge in [-0.1, -0.05) is 6.42 Å². The van der Waals surface area contributed by atoms with E-state index in [0.717, 1.165) is 24.2 Å². The summed E-state index contributed by atoms with van der Waals surface area (Å²) in [6.07, 6.45) is 2.76. The van der Waals surface area contributed by atoms with E-state index >= 15 is 0 Å². The van der Waals surface area contributed by atoms with Gasteiger partial charge in [0.15, 0.2) is 0 Å². The second-order valence-corrected chi connectivity index (χ2v) is 7.47. The van der Waals surface area contributed by atoms with Crippen LogP contribution in [0.3, 0.4) is 0 Å². The fourth-order valence-corrected chi connectivity index (χ4v) is 5.47. The number of aliphatic hydroxyl groups is 1. The number of carbonyl (C=O) groups is 1. The molecular formula is C12H17NO5S2. The molecule has 8 heteroatoms. The summed E-state index contributed by atoms with van der Waals surface area (Å²) in [4.78, 5) is 10.8. The van der Waals surface area contributed by atoms with Gasteiger partial charge in [-0.2, -0.15) is 4.31 Å². The molecule has 1 aromatic heterocycles. The number of piperidine rings is 1. The first-order valence-corrected chi connectivity index (χ1v) is 8.74. The summed E-state index contributed by atoms with van der Waals surface area (Å²) in [5, 5.41) is 19.6. The second-order valence-electron chi connectivity index (χ2n) is 4.70. The highest BCUT2D eigenvalue weighted by molar-refractivity contribution is 7.89. The number of carboxylic acid groups (broad SMARTS) is 1. The summed E-state index contributed by atoms with van der Waals surface area (Å²) >= 11 is 0.908. The highest BCUT2D eigenvalue weighted by Crippen LogP contribution is 2.30. The molecule has 2 N–H and O–H groups in total. The van der Waals surface area contributed by atoms with Gasteiger partial charge in [0.1, 0.15) is 9.77 Å². The van der Waals surface area contributed by atoms with Gasteiger partial charge in [0.05, 0.1) is 0 Å². The third-order valence-electron chi connectivity index (χ3n) is 3.45. The van der Waals surface area contributed by atoms with E-state index in [0.29, 0.717) is 19.4 Å². The molecule has 2 rings (SSSR count). The number of nitrogens with zero attached hydrogens (tertiary/aromatic N) is 1. The summed E-state index contributed by atoms with van der Waals surface area (Å²) in [6, 6.07) is 1.09. The van der Waals surface area contributed by atoms with Gasteiger partial charge in [-0.15, -0.1) is 11.3 Å². The van der Waals surface area contributed by atoms with Gasteiger partial charge < -0.3 is 10.2 Å². The van der Waals surface area contributed by atoms with Gasteiger partial charge in [-0.3, -0.25) is 0 Å². The molecular weight excluding hydrogens is 302 g/mol. The van der Waals surface area contributed by atoms with Crippen LogP contribution in [0.1, 0.15) is 35.4 Å². The van der Waals surface area contributed by atoms with Crippen LogP contribution in [0.5, 0.6) is 0 Å². The van der Waals surface area contributed by atoms with Crippen molar-refractivity contribution < 1.29 is 23.4 Å². The molecule has 1 unspecified atom stereocenters. The third-order valence-corrected chi connectivity index (χ3v) is 6.47. The summed E-state index contributed by atoms with van der Waals surface area (Å²) in [5.41, 5.74) is 0. The lowest BCUT2D eigenvalue weighted by molar-refractivity contribution is 0.0698. The maximum atomic E-state index is 12.6. The standard InChI is InChI=1S/C12H17NO5S2/c14-7-4-9-3-1-2-6-13(9)20(17,18)10-5-8-19-11(10)12(15)16/h5,8-9,14H,1-4,6-7H2,(H,15,16). The van der Waals surface area contributed by atoms with Crippen molar-refractivity contribution in [2.24, 2.45) is 0 Å². The topological polar surface area (TPSA) is 94.9 Å². The second kappa shape index (κ2) is 6.21. The molecule has 2 heterocycles. The van der Waals surface area contributed by atoms with Gasteiger partial charge >= 0.3 is 5.97 Å². The first-order chi connectivity index (χ1) is 9.48. The Labute approximate surface area is 121 Å². The SMILES string of the molecule is O=C(O)c1sccc1S(=O)(=O)N1CCCCC1CCO. The summed E-state index contributed by atoms with van der Waals surface area (Å²) in [5.74, 6) is -1.23. The molecule has 1 saturated heterocycles. The molecule has 1 aromatic rings. The zero-order valence-corrected chi connectivity index (χ0v) is 12.5. The molecule has 0 bridgehead atoms. The van der Waals surface area contributed by atoms with E-state index < -0.39 is 16.0 Å². The van der Waals surface area contributed by atoms with Crippen molar-refractivity contribution in [1.82, 2.24) is 4.31 Å². The first kappa shape index (κ1) is 15.4. The fraction of sp³-hybridized carbons (Fsp3) is 0.583. The average molecular weight is 319 g/mol. The van der Waals surface area contributed by atoms with Crippen molar-refractivity contribution in [3.63, 3.8) is 0 Å². The van der Waals surface area contributed by atoms with Crippen LogP contribution >= 0.6 is 11.3 Å². The van der Waals surface area contributed by atoms with Crippen LogP contribution in [-0.4, -0.2) is 48.1 Å². The Balaban J connectivity index is 2.37. The number of carboxylic acids is 1. The number of sulfonamides is 1. The first-order valence-electron chi connectivity index (χ1n) is 6.42. The molecule has 0 saturated carbocycles. The molecule has 1 atom stereocenters. The highest BCUT2D eigenvalue weighted by Gasteiger charge is 2.35. The summed E-state index contributed by atoms with van der Waals surface area (Å²) in [6.45, 7) is 0.300. The largest absolute Gasteiger partial charge is 0.477 e. The van der Waals surface area contributed by atoms with Gasteiger partial charge in [-0.25, -0.2) is 13.2 Å². The molecule has 0 aliphatic carbocycles. The minimum Gasteiger partial charge on any atom is -0.477 e. The lowest BCUT2D eigenvalue weighted by Crippen LogP contribution is -2.44. The normalized spacial score (nSPS) is 20.9. The van der Waals surface area contributed by atoms with E-state index in [-0.39, 0.29) is 22.4 Å². The monoisotopic (exact) mass is 319 g/mol. The molecule has 0 aromatic carbocycles. The van der Waals surface area contributed by atoms with E-state index in [1.165, 1.54) is 15.8 Å². The molecule has 0 radical (unpaired) electrons. The number of hydrogen-bond acceptors (Lipinski definition) is 5. The predicted molar refractivity (Wildman–Crippen MR) is 74.5 cm³/mol. The van der Waals surface area contributed by atoms with Crippen LogP contribution in [0.4, 0.5) is 0 Å². The molecule has 1 aliphatic rings. The Morgan fingerprint density at radius 1 is 1.45 bits per heavy atom. The number of thiophene rings is 1. The Hall–Kier alpha value is -0.960. The van der Waals surface area contributed by atoms with Crippen LogP contribution in [0.25, 0.3) is 0 Å². The lowest BCUT2D eigenvalue weighted by atomic mass is 10.0. The van der Waals surface area contributed by atoms with Gasteiger partial charge in [0.25, 0.3) is 0 Å². The smallest absolute Gasteiger partial charge is 0.347 e. The molecule has 20 heavy (non-hydrogen) atoms. The number of hydrogen-bond donors (Lipinski definition) is 2. The molecule has 1 fully saturated rings. The summed E-state index contributed by atoms with van der Waals surface area (Å²) < 4.78 is 26.6. The van der Waals surface area contributed by atoms with E-state index in [1.807, 2.05) is 0 Å². The lowest BCUT2D eigenvalue weighted by Gasteiger charge is -2.34. The zero-order valence-electron chi connectivity index (χ0n) is 10.9. The molecule has 0 amide bonds. The van der Waals surface area contributed by atoms with Crippen molar-refractivity contribution in [3.8, 4) is 0 Å². The van der Waals surface area contributed by atoms with Crippen molar-refractivity contribution in [3.05, 3.63) is 16.3 Å². The van der Waals surface area contributed by atoms with E-state index in [1.54, 1.807) is 0 Å². The fourth-order valence-electron chi connectivity index (χ4n) is 2.51. The van der Waals surface area contributed by atoms with Crippen molar-refractivity contribution in [1.29, 1.82) is 0 Å². The van der Waals surface area contributed by atoms with Gasteiger partial charge in [0.2, 0.25) is 10.0 Å². The minimum absolute atomic E-state index is 0.0773. The van der Waals surface area contributed by atoms with Crippen LogP contribution < -0.4 is 0 Å². The highest BCUT2D eigenvalue weighted by atomic mass is 32.2. The molecule has 6 nitrogen and oxygen atoms in total. The number of rotatable bonds is 5. The average Bonchev–Trinajstić information content (AvgIpc) is 2.89. The molecule has 0 spiro atoms. The van der Waals surface area contributed by atoms with Crippen molar-refractivity contribution >= 4 is 27.3 Å². The van der Waals surface area contributed by atoms with Crippen LogP contribution in [0.2, 0.25) is 0 Å². The van der Waals surface area contributed by atoms with Gasteiger partial charge in [-0.05, 0) is 30.7 Å². The van der Waals surface area contributed by atoms with E-state index in [9.17, 15) is 13.2 Å². The predicted octanol–water partition coefficient (Wildman–Crippen LogP) is 1.37. The van der Waals surface area contributed by atoms with Crippen LogP contribution in [0.15, 0.2) is 16.3 Å². The zero-order chi connectivity index (χ0) is 14.8. The quantitative estimate of drug-likeness (QED) is 0.855. The Morgan fingerprint density at radius 2 is 2.20 bits per heavy atom. The van der Waals surface area contributed by atoms with Crippen LogP contribution in [-0.2, 0) is 10.0 Å². The third kappa shape index (κ3) is 2.88. The van der Waals surface area contributed by atoms with Crippen molar-refractivity contribution in [2.45, 2.75) is 36.6 Å². The Kier molecular flexibility index (Phi) is 4.79. The van der Waals surface area contributed by atoms with Crippen molar-refractivity contribution in [2.75, 3.05) is 13.2 Å². The summed E-state index contributed by atoms with van der Waals surface area (Å²) in [7, 11) is -3.81. The van der Waals surface area contributed by atoms with Crippen LogP contribution in [0, 0.1) is 0 Å². The number of aromatic carboxylic acids is 1. The molecule has 1 aliphatic heterocycles. The maximum Gasteiger partial charge on any atom is 0.347 e. The number of aliphatic hydroxyl groups excluding tert-OH is 1. The minimum atomic E-state index is -3.81. The molecule has 112 valence electrons. The maximum absolute atomic E-state index is 12.6. The van der Waals surface area contributed by atoms with E-state index in [4.69, 9.17) is 10.2 Å². The Morgan fingerprint density at radius 3 is 2.85 bits per heavy atom. The van der Waals surface area contributed by atoms with Gasteiger partial charge in [0, 0.05) is 19.2 Å². The van der Waals surface area contributed by atoms with E-state index in [2.05, 4.69) is 0 Å².